The minimum absolute atomic E-state index is 0.0610. The zero-order chi connectivity index (χ0) is 16.2. The highest BCUT2D eigenvalue weighted by Gasteiger charge is 2.37. The Balaban J connectivity index is 2.58. The lowest BCUT2D eigenvalue weighted by Gasteiger charge is -2.38. The third kappa shape index (κ3) is 6.63. The van der Waals surface area contributed by atoms with Crippen LogP contribution in [0.2, 0.25) is 0 Å². The maximum atomic E-state index is 11.8. The van der Waals surface area contributed by atoms with Crippen molar-refractivity contribution in [3.05, 3.63) is 0 Å². The van der Waals surface area contributed by atoms with Crippen molar-refractivity contribution in [2.45, 2.75) is 84.0 Å². The molecule has 1 amide bonds. The van der Waals surface area contributed by atoms with Crippen LogP contribution in [0.5, 0.6) is 0 Å². The molecule has 0 aliphatic carbocycles. The predicted molar refractivity (Wildman–Crippen MR) is 79.2 cm³/mol. The molecule has 1 rings (SSSR count). The molecule has 1 saturated heterocycles. The predicted octanol–water partition coefficient (Wildman–Crippen LogP) is 1.84. The number of amides is 1. The zero-order valence-electron chi connectivity index (χ0n) is 13.9. The average molecular weight is 303 g/mol. The van der Waals surface area contributed by atoms with Crippen LogP contribution in [0.1, 0.15) is 48.0 Å². The summed E-state index contributed by atoms with van der Waals surface area (Å²) >= 11 is 0. The van der Waals surface area contributed by atoms with Crippen molar-refractivity contribution >= 4 is 6.09 Å². The second-order valence-electron chi connectivity index (χ2n) is 6.85. The SMILES string of the molecule is CC(C)OCC1O[C@H](C)CC(NC(=O)OC(C)(C)C)C1O. The number of carbonyl (C=O) groups excluding carboxylic acids is 1. The van der Waals surface area contributed by atoms with Crippen molar-refractivity contribution in [3.8, 4) is 0 Å². The van der Waals surface area contributed by atoms with Crippen molar-refractivity contribution < 1.29 is 24.1 Å². The van der Waals surface area contributed by atoms with Gasteiger partial charge >= 0.3 is 6.09 Å². The van der Waals surface area contributed by atoms with Gasteiger partial charge in [-0.05, 0) is 48.0 Å². The number of aliphatic hydroxyl groups is 1. The summed E-state index contributed by atoms with van der Waals surface area (Å²) < 4.78 is 16.4. The van der Waals surface area contributed by atoms with Gasteiger partial charge in [-0.25, -0.2) is 4.79 Å². The summed E-state index contributed by atoms with van der Waals surface area (Å²) in [5.41, 5.74) is -0.564. The van der Waals surface area contributed by atoms with E-state index in [1.807, 2.05) is 20.8 Å². The maximum Gasteiger partial charge on any atom is 0.407 e. The molecular formula is C15H29NO5. The van der Waals surface area contributed by atoms with Gasteiger partial charge in [-0.1, -0.05) is 0 Å². The molecule has 4 atom stereocenters. The highest BCUT2D eigenvalue weighted by atomic mass is 16.6. The fraction of sp³-hybridized carbons (Fsp3) is 0.933. The van der Waals surface area contributed by atoms with Gasteiger partial charge in [-0.2, -0.15) is 0 Å². The Kier molecular flexibility index (Phi) is 6.43. The second kappa shape index (κ2) is 7.42. The normalized spacial score (nSPS) is 30.3. The van der Waals surface area contributed by atoms with E-state index in [0.717, 1.165) is 0 Å². The lowest BCUT2D eigenvalue weighted by Crippen LogP contribution is -2.57. The first-order valence-electron chi connectivity index (χ1n) is 7.53. The van der Waals surface area contributed by atoms with Gasteiger partial charge in [-0.3, -0.25) is 0 Å². The van der Waals surface area contributed by atoms with Gasteiger partial charge in [0.05, 0.1) is 24.9 Å². The smallest absolute Gasteiger partial charge is 0.407 e. The van der Waals surface area contributed by atoms with Gasteiger partial charge in [0.2, 0.25) is 0 Å². The van der Waals surface area contributed by atoms with Crippen LogP contribution in [0.15, 0.2) is 0 Å². The van der Waals surface area contributed by atoms with E-state index < -0.39 is 29.9 Å². The van der Waals surface area contributed by atoms with E-state index in [-0.39, 0.29) is 12.2 Å². The average Bonchev–Trinajstić information content (AvgIpc) is 2.28. The van der Waals surface area contributed by atoms with E-state index in [0.29, 0.717) is 13.0 Å². The van der Waals surface area contributed by atoms with Gasteiger partial charge in [0.1, 0.15) is 17.8 Å². The van der Waals surface area contributed by atoms with Crippen LogP contribution in [0, 0.1) is 0 Å². The molecular weight excluding hydrogens is 274 g/mol. The largest absolute Gasteiger partial charge is 0.444 e. The third-order valence-corrected chi connectivity index (χ3v) is 3.08. The first-order valence-corrected chi connectivity index (χ1v) is 7.53. The van der Waals surface area contributed by atoms with E-state index in [1.165, 1.54) is 0 Å². The molecule has 0 radical (unpaired) electrons. The van der Waals surface area contributed by atoms with Crippen LogP contribution >= 0.6 is 0 Å². The number of nitrogens with one attached hydrogen (secondary N) is 1. The highest BCUT2D eigenvalue weighted by Crippen LogP contribution is 2.21. The topological polar surface area (TPSA) is 77.0 Å². The molecule has 0 aromatic rings. The Morgan fingerprint density at radius 3 is 2.57 bits per heavy atom. The van der Waals surface area contributed by atoms with Crippen LogP contribution < -0.4 is 5.32 Å². The quantitative estimate of drug-likeness (QED) is 0.828. The molecule has 0 saturated carbocycles. The van der Waals surface area contributed by atoms with Gasteiger partial charge in [-0.15, -0.1) is 0 Å². The number of alkyl carbamates (subject to hydrolysis) is 1. The lowest BCUT2D eigenvalue weighted by molar-refractivity contribution is -0.154. The van der Waals surface area contributed by atoms with Gasteiger partial charge in [0.25, 0.3) is 0 Å². The number of carbonyl (C=O) groups is 1. The van der Waals surface area contributed by atoms with Crippen LogP contribution in [0.25, 0.3) is 0 Å². The van der Waals surface area contributed by atoms with E-state index in [4.69, 9.17) is 14.2 Å². The third-order valence-electron chi connectivity index (χ3n) is 3.08. The second-order valence-corrected chi connectivity index (χ2v) is 6.85. The number of rotatable bonds is 4. The number of aliphatic hydroxyl groups excluding tert-OH is 1. The summed E-state index contributed by atoms with van der Waals surface area (Å²) in [6.45, 7) is 11.5. The van der Waals surface area contributed by atoms with E-state index >= 15 is 0 Å². The molecule has 0 aromatic carbocycles. The lowest BCUT2D eigenvalue weighted by atomic mass is 9.96. The molecule has 124 valence electrons. The molecule has 3 unspecified atom stereocenters. The molecule has 1 heterocycles. The van der Waals surface area contributed by atoms with Crippen LogP contribution in [0.3, 0.4) is 0 Å². The number of hydrogen-bond donors (Lipinski definition) is 2. The molecule has 1 aliphatic heterocycles. The Morgan fingerprint density at radius 1 is 1.43 bits per heavy atom. The molecule has 0 spiro atoms. The van der Waals surface area contributed by atoms with Crippen LogP contribution in [-0.4, -0.2) is 53.9 Å². The van der Waals surface area contributed by atoms with Crippen LogP contribution in [-0.2, 0) is 14.2 Å². The Hall–Kier alpha value is -0.850. The minimum Gasteiger partial charge on any atom is -0.444 e. The molecule has 0 aromatic heterocycles. The molecule has 0 bridgehead atoms. The summed E-state index contributed by atoms with van der Waals surface area (Å²) in [6.07, 6.45) is -1.24. The monoisotopic (exact) mass is 303 g/mol. The van der Waals surface area contributed by atoms with Crippen molar-refractivity contribution in [2.75, 3.05) is 6.61 Å². The van der Waals surface area contributed by atoms with E-state index in [2.05, 4.69) is 5.32 Å². The molecule has 6 heteroatoms. The Labute approximate surface area is 127 Å². The fourth-order valence-electron chi connectivity index (χ4n) is 2.22. The van der Waals surface area contributed by atoms with Crippen molar-refractivity contribution in [1.29, 1.82) is 0 Å². The number of ether oxygens (including phenoxy) is 3. The van der Waals surface area contributed by atoms with Crippen LogP contribution in [0.4, 0.5) is 4.79 Å². The van der Waals surface area contributed by atoms with Gasteiger partial charge in [0, 0.05) is 0 Å². The summed E-state index contributed by atoms with van der Waals surface area (Å²) in [6, 6.07) is -0.399. The first kappa shape index (κ1) is 18.2. The van der Waals surface area contributed by atoms with Gasteiger partial charge < -0.3 is 24.6 Å². The molecule has 21 heavy (non-hydrogen) atoms. The zero-order valence-corrected chi connectivity index (χ0v) is 13.9. The number of hydrogen-bond acceptors (Lipinski definition) is 5. The summed E-state index contributed by atoms with van der Waals surface area (Å²) in [7, 11) is 0. The van der Waals surface area contributed by atoms with Gasteiger partial charge in [0.15, 0.2) is 0 Å². The summed E-state index contributed by atoms with van der Waals surface area (Å²) in [5, 5.41) is 13.1. The van der Waals surface area contributed by atoms with E-state index in [1.54, 1.807) is 20.8 Å². The molecule has 1 fully saturated rings. The highest BCUT2D eigenvalue weighted by molar-refractivity contribution is 5.68. The van der Waals surface area contributed by atoms with Crippen molar-refractivity contribution in [1.82, 2.24) is 5.32 Å². The fourth-order valence-corrected chi connectivity index (χ4v) is 2.22. The molecule has 2 N–H and O–H groups in total. The Bertz CT molecular complexity index is 339. The first-order chi connectivity index (χ1) is 9.58. The Morgan fingerprint density at radius 2 is 2.05 bits per heavy atom. The molecule has 1 aliphatic rings. The van der Waals surface area contributed by atoms with Crippen molar-refractivity contribution in [2.24, 2.45) is 0 Å². The summed E-state index contributed by atoms with van der Waals surface area (Å²) in [5.74, 6) is 0. The van der Waals surface area contributed by atoms with Crippen molar-refractivity contribution in [3.63, 3.8) is 0 Å². The standard InChI is InChI=1S/C15H29NO5/c1-9(2)19-8-12-13(17)11(7-10(3)20-12)16-14(18)21-15(4,5)6/h9-13,17H,7-8H2,1-6H3,(H,16,18)/t10-,11?,12?,13?/m1/s1. The molecule has 6 nitrogen and oxygen atoms in total. The van der Waals surface area contributed by atoms with E-state index in [9.17, 15) is 9.90 Å². The maximum absolute atomic E-state index is 11.8. The summed E-state index contributed by atoms with van der Waals surface area (Å²) in [4.78, 5) is 11.8. The minimum atomic E-state index is -0.813.